The highest BCUT2D eigenvalue weighted by atomic mass is 127. The maximum atomic E-state index is 12.3. The standard InChI is InChI=1S/C8H5ClF3I/c1-4-2-6(9)7(13)3-5(4)8(10,11)12/h2-3H,1H3. The summed E-state index contributed by atoms with van der Waals surface area (Å²) >= 11 is 7.44. The van der Waals surface area contributed by atoms with Gasteiger partial charge in [-0.3, -0.25) is 0 Å². The number of aryl methyl sites for hydroxylation is 1. The first kappa shape index (κ1) is 11.1. The largest absolute Gasteiger partial charge is 0.416 e. The summed E-state index contributed by atoms with van der Waals surface area (Å²) < 4.78 is 37.4. The lowest BCUT2D eigenvalue weighted by atomic mass is 10.1. The summed E-state index contributed by atoms with van der Waals surface area (Å²) in [5, 5.41) is 0.353. The number of alkyl halides is 3. The first-order valence-electron chi connectivity index (χ1n) is 3.35. The summed E-state index contributed by atoms with van der Waals surface area (Å²) in [6.07, 6.45) is -4.30. The van der Waals surface area contributed by atoms with E-state index in [1.54, 1.807) is 22.6 Å². The molecule has 5 heteroatoms. The van der Waals surface area contributed by atoms with E-state index in [0.29, 0.717) is 8.59 Å². The molecule has 0 aromatic heterocycles. The molecule has 1 rings (SSSR count). The van der Waals surface area contributed by atoms with Crippen LogP contribution >= 0.6 is 34.2 Å². The molecule has 72 valence electrons. The third kappa shape index (κ3) is 2.49. The van der Waals surface area contributed by atoms with E-state index in [1.165, 1.54) is 13.0 Å². The normalized spacial score (nSPS) is 11.8. The van der Waals surface area contributed by atoms with Gasteiger partial charge in [0.2, 0.25) is 0 Å². The smallest absolute Gasteiger partial charge is 0.166 e. The Bertz CT molecular complexity index is 333. The molecule has 0 aliphatic carbocycles. The van der Waals surface area contributed by atoms with Crippen LogP contribution in [-0.2, 0) is 6.18 Å². The fourth-order valence-corrected chi connectivity index (χ4v) is 1.64. The van der Waals surface area contributed by atoms with Crippen molar-refractivity contribution in [3.05, 3.63) is 31.9 Å². The summed E-state index contributed by atoms with van der Waals surface area (Å²) in [6.45, 7) is 1.39. The molecule has 0 bridgehead atoms. The second kappa shape index (κ2) is 3.65. The van der Waals surface area contributed by atoms with Gasteiger partial charge in [-0.15, -0.1) is 0 Å². The van der Waals surface area contributed by atoms with E-state index < -0.39 is 11.7 Å². The van der Waals surface area contributed by atoms with E-state index in [0.717, 1.165) is 6.07 Å². The molecule has 0 radical (unpaired) electrons. The van der Waals surface area contributed by atoms with Crippen molar-refractivity contribution < 1.29 is 13.2 Å². The second-order valence-electron chi connectivity index (χ2n) is 2.58. The van der Waals surface area contributed by atoms with Gasteiger partial charge in [0.1, 0.15) is 0 Å². The summed E-state index contributed by atoms with van der Waals surface area (Å²) in [5.41, 5.74) is -0.473. The lowest BCUT2D eigenvalue weighted by Gasteiger charge is -2.11. The third-order valence-corrected chi connectivity index (χ3v) is 3.10. The molecule has 1 aromatic carbocycles. The Morgan fingerprint density at radius 2 is 1.85 bits per heavy atom. The van der Waals surface area contributed by atoms with Gasteiger partial charge in [-0.1, -0.05) is 11.6 Å². The molecule has 0 aliphatic rings. The molecule has 0 N–H and O–H groups in total. The highest BCUT2D eigenvalue weighted by Gasteiger charge is 2.32. The van der Waals surface area contributed by atoms with Crippen LogP contribution in [0.1, 0.15) is 11.1 Å². The number of hydrogen-bond donors (Lipinski definition) is 0. The van der Waals surface area contributed by atoms with Crippen molar-refractivity contribution in [2.45, 2.75) is 13.1 Å². The monoisotopic (exact) mass is 320 g/mol. The number of hydrogen-bond acceptors (Lipinski definition) is 0. The number of halogens is 5. The summed E-state index contributed by atoms with van der Waals surface area (Å²) in [7, 11) is 0. The summed E-state index contributed by atoms with van der Waals surface area (Å²) in [6, 6.07) is 2.38. The Morgan fingerprint density at radius 1 is 1.31 bits per heavy atom. The molecule has 0 spiro atoms. The Balaban J connectivity index is 3.32. The fourth-order valence-electron chi connectivity index (χ4n) is 0.952. The van der Waals surface area contributed by atoms with Gasteiger partial charge in [0.25, 0.3) is 0 Å². The maximum Gasteiger partial charge on any atom is 0.416 e. The van der Waals surface area contributed by atoms with Crippen LogP contribution in [0.15, 0.2) is 12.1 Å². The Kier molecular flexibility index (Phi) is 3.12. The average molecular weight is 320 g/mol. The predicted octanol–water partition coefficient (Wildman–Crippen LogP) is 4.27. The fraction of sp³-hybridized carbons (Fsp3) is 0.250. The highest BCUT2D eigenvalue weighted by molar-refractivity contribution is 14.1. The molecule has 0 saturated carbocycles. The zero-order valence-corrected chi connectivity index (χ0v) is 9.46. The maximum absolute atomic E-state index is 12.3. The van der Waals surface area contributed by atoms with Gasteiger partial charge >= 0.3 is 6.18 Å². The van der Waals surface area contributed by atoms with Crippen molar-refractivity contribution in [2.75, 3.05) is 0 Å². The van der Waals surface area contributed by atoms with E-state index >= 15 is 0 Å². The van der Waals surface area contributed by atoms with Crippen molar-refractivity contribution in [2.24, 2.45) is 0 Å². The molecule has 0 aliphatic heterocycles. The minimum atomic E-state index is -4.30. The van der Waals surface area contributed by atoms with E-state index in [1.807, 2.05) is 0 Å². The van der Waals surface area contributed by atoms with E-state index in [2.05, 4.69) is 0 Å². The molecule has 1 aromatic rings. The molecule has 0 heterocycles. The molecule has 0 fully saturated rings. The van der Waals surface area contributed by atoms with E-state index in [-0.39, 0.29) is 5.56 Å². The zero-order valence-electron chi connectivity index (χ0n) is 6.54. The Labute approximate surface area is 92.2 Å². The highest BCUT2D eigenvalue weighted by Crippen LogP contribution is 2.34. The van der Waals surface area contributed by atoms with Gasteiger partial charge in [0.15, 0.2) is 0 Å². The molecular weight excluding hydrogens is 315 g/mol. The molecular formula is C8H5ClF3I. The van der Waals surface area contributed by atoms with Crippen LogP contribution in [0.2, 0.25) is 5.02 Å². The van der Waals surface area contributed by atoms with Crippen molar-refractivity contribution in [1.82, 2.24) is 0 Å². The van der Waals surface area contributed by atoms with Gasteiger partial charge in [-0.25, -0.2) is 0 Å². The van der Waals surface area contributed by atoms with Crippen LogP contribution in [0, 0.1) is 10.5 Å². The minimum Gasteiger partial charge on any atom is -0.166 e. The topological polar surface area (TPSA) is 0 Å². The van der Waals surface area contributed by atoms with Gasteiger partial charge in [0, 0.05) is 3.57 Å². The van der Waals surface area contributed by atoms with Crippen LogP contribution in [0.5, 0.6) is 0 Å². The number of benzene rings is 1. The first-order valence-corrected chi connectivity index (χ1v) is 4.81. The van der Waals surface area contributed by atoms with E-state index in [4.69, 9.17) is 11.6 Å². The quantitative estimate of drug-likeness (QED) is 0.626. The molecule has 0 unspecified atom stereocenters. The SMILES string of the molecule is Cc1cc(Cl)c(I)cc1C(F)(F)F. The van der Waals surface area contributed by atoms with Crippen molar-refractivity contribution in [3.63, 3.8) is 0 Å². The molecule has 0 atom stereocenters. The predicted molar refractivity (Wildman–Crippen MR) is 53.9 cm³/mol. The van der Waals surface area contributed by atoms with Crippen molar-refractivity contribution in [1.29, 1.82) is 0 Å². The lowest BCUT2D eigenvalue weighted by molar-refractivity contribution is -0.138. The lowest BCUT2D eigenvalue weighted by Crippen LogP contribution is -2.07. The minimum absolute atomic E-state index is 0.151. The zero-order chi connectivity index (χ0) is 10.2. The average Bonchev–Trinajstić information content (AvgIpc) is 1.94. The third-order valence-electron chi connectivity index (χ3n) is 1.57. The van der Waals surface area contributed by atoms with Crippen LogP contribution in [0.25, 0.3) is 0 Å². The van der Waals surface area contributed by atoms with E-state index in [9.17, 15) is 13.2 Å². The summed E-state index contributed by atoms with van der Waals surface area (Å²) in [4.78, 5) is 0. The molecule has 0 saturated heterocycles. The van der Waals surface area contributed by atoms with Gasteiger partial charge in [0.05, 0.1) is 10.6 Å². The van der Waals surface area contributed by atoms with Gasteiger partial charge in [-0.05, 0) is 47.2 Å². The van der Waals surface area contributed by atoms with Crippen molar-refractivity contribution in [3.8, 4) is 0 Å². The van der Waals surface area contributed by atoms with Crippen LogP contribution in [-0.4, -0.2) is 0 Å². The molecule has 0 amide bonds. The van der Waals surface area contributed by atoms with Crippen LogP contribution in [0.4, 0.5) is 13.2 Å². The van der Waals surface area contributed by atoms with Crippen molar-refractivity contribution >= 4 is 34.2 Å². The summed E-state index contributed by atoms with van der Waals surface area (Å²) in [5.74, 6) is 0. The molecule has 13 heavy (non-hydrogen) atoms. The molecule has 0 nitrogen and oxygen atoms in total. The van der Waals surface area contributed by atoms with Gasteiger partial charge < -0.3 is 0 Å². The second-order valence-corrected chi connectivity index (χ2v) is 4.15. The number of rotatable bonds is 0. The Morgan fingerprint density at radius 3 is 2.31 bits per heavy atom. The van der Waals surface area contributed by atoms with Crippen LogP contribution < -0.4 is 0 Å². The van der Waals surface area contributed by atoms with Gasteiger partial charge in [-0.2, -0.15) is 13.2 Å². The first-order chi connectivity index (χ1) is 5.82. The Hall–Kier alpha value is 0.0300. The van der Waals surface area contributed by atoms with Crippen LogP contribution in [0.3, 0.4) is 0 Å².